The van der Waals surface area contributed by atoms with Crippen LogP contribution in [0.4, 0.5) is 5.69 Å². The summed E-state index contributed by atoms with van der Waals surface area (Å²) in [6.45, 7) is 0.697. The fourth-order valence-electron chi connectivity index (χ4n) is 2.48. The largest absolute Gasteiger partial charge is 0.329 e. The molecule has 0 aliphatic carbocycles. The normalized spacial score (nSPS) is 14.0. The third-order valence-electron chi connectivity index (χ3n) is 3.38. The Morgan fingerprint density at radius 3 is 2.89 bits per heavy atom. The van der Waals surface area contributed by atoms with E-state index in [-0.39, 0.29) is 11.5 Å². The third kappa shape index (κ3) is 2.17. The zero-order valence-corrected chi connectivity index (χ0v) is 10.4. The van der Waals surface area contributed by atoms with Crippen LogP contribution in [0.3, 0.4) is 0 Å². The highest BCUT2D eigenvalue weighted by atomic mass is 16.2. The van der Waals surface area contributed by atoms with Crippen LogP contribution in [0.5, 0.6) is 0 Å². The van der Waals surface area contributed by atoms with E-state index in [1.165, 1.54) is 17.8 Å². The summed E-state index contributed by atoms with van der Waals surface area (Å²) in [4.78, 5) is 28.1. The first kappa shape index (κ1) is 11.7. The lowest BCUT2D eigenvalue weighted by atomic mass is 10.0. The highest BCUT2D eigenvalue weighted by molar-refractivity contribution is 6.06. The van der Waals surface area contributed by atoms with Crippen LogP contribution >= 0.6 is 0 Å². The van der Waals surface area contributed by atoms with E-state index in [1.54, 1.807) is 11.0 Å². The molecule has 2 aromatic rings. The van der Waals surface area contributed by atoms with E-state index in [9.17, 15) is 9.59 Å². The number of carbonyl (C=O) groups excluding carboxylic acids is 1. The summed E-state index contributed by atoms with van der Waals surface area (Å²) in [6, 6.07) is 10.9. The molecule has 2 heterocycles. The fraction of sp³-hybridized carbons (Fsp3) is 0.200. The molecule has 0 saturated carbocycles. The predicted octanol–water partition coefficient (Wildman–Crippen LogP) is 1.97. The number of hydrogen-bond donors (Lipinski definition) is 1. The Balaban J connectivity index is 2.00. The van der Waals surface area contributed by atoms with Crippen LogP contribution in [0.25, 0.3) is 0 Å². The Hall–Kier alpha value is -2.36. The van der Waals surface area contributed by atoms with Gasteiger partial charge in [0.05, 0.1) is 0 Å². The number of benzene rings is 1. The molecule has 0 unspecified atom stereocenters. The van der Waals surface area contributed by atoms with E-state index in [0.29, 0.717) is 12.1 Å². The molecule has 0 fully saturated rings. The fourth-order valence-corrected chi connectivity index (χ4v) is 2.48. The second-order valence-electron chi connectivity index (χ2n) is 4.63. The van der Waals surface area contributed by atoms with E-state index in [0.717, 1.165) is 18.5 Å². The predicted molar refractivity (Wildman–Crippen MR) is 73.5 cm³/mol. The zero-order valence-electron chi connectivity index (χ0n) is 10.4. The first-order valence-corrected chi connectivity index (χ1v) is 6.34. The van der Waals surface area contributed by atoms with Crippen LogP contribution in [0, 0.1) is 0 Å². The molecule has 3 rings (SSSR count). The lowest BCUT2D eigenvalue weighted by Gasteiger charge is -2.29. The van der Waals surface area contributed by atoms with Gasteiger partial charge in [-0.1, -0.05) is 18.2 Å². The van der Waals surface area contributed by atoms with Crippen molar-refractivity contribution in [1.82, 2.24) is 4.98 Å². The molecule has 0 atom stereocenters. The second kappa shape index (κ2) is 4.72. The van der Waals surface area contributed by atoms with Gasteiger partial charge in [-0.2, -0.15) is 0 Å². The molecule has 1 amide bonds. The molecule has 4 heteroatoms. The van der Waals surface area contributed by atoms with Gasteiger partial charge >= 0.3 is 0 Å². The Kier molecular flexibility index (Phi) is 2.91. The SMILES string of the molecule is O=C(c1cc[nH]c(=O)c1)N1CCCc2ccccc21. The van der Waals surface area contributed by atoms with Crippen molar-refractivity contribution < 1.29 is 4.79 Å². The Labute approximate surface area is 110 Å². The summed E-state index contributed by atoms with van der Waals surface area (Å²) in [6.07, 6.45) is 3.45. The number of amides is 1. The summed E-state index contributed by atoms with van der Waals surface area (Å²) < 4.78 is 0. The maximum Gasteiger partial charge on any atom is 0.258 e. The Morgan fingerprint density at radius 1 is 1.21 bits per heavy atom. The van der Waals surface area contributed by atoms with Crippen LogP contribution in [-0.2, 0) is 6.42 Å². The molecule has 1 aliphatic heterocycles. The summed E-state index contributed by atoms with van der Waals surface area (Å²) in [5.74, 6) is -0.113. The number of carbonyl (C=O) groups is 1. The number of fused-ring (bicyclic) bond motifs is 1. The van der Waals surface area contributed by atoms with Gasteiger partial charge in [0.2, 0.25) is 5.56 Å². The smallest absolute Gasteiger partial charge is 0.258 e. The average Bonchev–Trinajstić information content (AvgIpc) is 2.46. The van der Waals surface area contributed by atoms with Crippen LogP contribution < -0.4 is 10.5 Å². The average molecular weight is 254 g/mol. The first-order valence-electron chi connectivity index (χ1n) is 6.34. The minimum absolute atomic E-state index is 0.113. The number of H-pyrrole nitrogens is 1. The molecular weight excluding hydrogens is 240 g/mol. The summed E-state index contributed by atoms with van der Waals surface area (Å²) >= 11 is 0. The molecule has 96 valence electrons. The van der Waals surface area contributed by atoms with Crippen LogP contribution in [-0.4, -0.2) is 17.4 Å². The number of rotatable bonds is 1. The number of aromatic nitrogens is 1. The van der Waals surface area contributed by atoms with Gasteiger partial charge < -0.3 is 9.88 Å². The van der Waals surface area contributed by atoms with Crippen molar-refractivity contribution in [2.75, 3.05) is 11.4 Å². The third-order valence-corrected chi connectivity index (χ3v) is 3.38. The Bertz CT molecular complexity index is 676. The molecule has 0 radical (unpaired) electrons. The number of pyridine rings is 1. The van der Waals surface area contributed by atoms with Crippen LogP contribution in [0.2, 0.25) is 0 Å². The maximum atomic E-state index is 12.5. The zero-order chi connectivity index (χ0) is 13.2. The number of nitrogens with one attached hydrogen (secondary N) is 1. The van der Waals surface area contributed by atoms with E-state index in [1.807, 2.05) is 24.3 Å². The quantitative estimate of drug-likeness (QED) is 0.845. The minimum atomic E-state index is -0.254. The number of aromatic amines is 1. The summed E-state index contributed by atoms with van der Waals surface area (Å²) in [7, 11) is 0. The van der Waals surface area contributed by atoms with Gasteiger partial charge in [-0.15, -0.1) is 0 Å². The van der Waals surface area contributed by atoms with Crippen molar-refractivity contribution in [3.8, 4) is 0 Å². The monoisotopic (exact) mass is 254 g/mol. The minimum Gasteiger partial charge on any atom is -0.329 e. The van der Waals surface area contributed by atoms with E-state index >= 15 is 0 Å². The molecule has 0 saturated heterocycles. The van der Waals surface area contributed by atoms with Crippen molar-refractivity contribution in [2.45, 2.75) is 12.8 Å². The highest BCUT2D eigenvalue weighted by Gasteiger charge is 2.23. The summed E-state index contributed by atoms with van der Waals surface area (Å²) in [5, 5.41) is 0. The highest BCUT2D eigenvalue weighted by Crippen LogP contribution is 2.27. The second-order valence-corrected chi connectivity index (χ2v) is 4.63. The number of anilines is 1. The number of para-hydroxylation sites is 1. The first-order chi connectivity index (χ1) is 9.25. The standard InChI is InChI=1S/C15H14N2O2/c18-14-10-12(7-8-16-14)15(19)17-9-3-5-11-4-1-2-6-13(11)17/h1-2,4,6-8,10H,3,5,9H2,(H,16,18). The lowest BCUT2D eigenvalue weighted by molar-refractivity contribution is 0.0985. The number of aryl methyl sites for hydroxylation is 1. The van der Waals surface area contributed by atoms with E-state index < -0.39 is 0 Å². The topological polar surface area (TPSA) is 53.2 Å². The molecule has 19 heavy (non-hydrogen) atoms. The summed E-state index contributed by atoms with van der Waals surface area (Å²) in [5.41, 5.74) is 2.32. The molecule has 1 aliphatic rings. The lowest BCUT2D eigenvalue weighted by Crippen LogP contribution is -2.35. The van der Waals surface area contributed by atoms with Gasteiger partial charge in [-0.3, -0.25) is 9.59 Å². The van der Waals surface area contributed by atoms with Gasteiger partial charge in [0.25, 0.3) is 5.91 Å². The molecule has 0 bridgehead atoms. The number of hydrogen-bond acceptors (Lipinski definition) is 2. The van der Waals surface area contributed by atoms with E-state index in [4.69, 9.17) is 0 Å². The van der Waals surface area contributed by atoms with Crippen molar-refractivity contribution in [1.29, 1.82) is 0 Å². The molecule has 1 N–H and O–H groups in total. The van der Waals surface area contributed by atoms with Gasteiger partial charge in [-0.25, -0.2) is 0 Å². The van der Waals surface area contributed by atoms with E-state index in [2.05, 4.69) is 4.98 Å². The van der Waals surface area contributed by atoms with Crippen LogP contribution in [0.1, 0.15) is 22.3 Å². The van der Waals surface area contributed by atoms with Crippen molar-refractivity contribution in [3.63, 3.8) is 0 Å². The Morgan fingerprint density at radius 2 is 2.05 bits per heavy atom. The van der Waals surface area contributed by atoms with Gasteiger partial charge in [0.15, 0.2) is 0 Å². The van der Waals surface area contributed by atoms with Crippen molar-refractivity contribution in [2.24, 2.45) is 0 Å². The molecular formula is C15H14N2O2. The maximum absolute atomic E-state index is 12.5. The molecule has 4 nitrogen and oxygen atoms in total. The van der Waals surface area contributed by atoms with Crippen molar-refractivity contribution in [3.05, 3.63) is 64.1 Å². The number of nitrogens with zero attached hydrogens (tertiary/aromatic N) is 1. The van der Waals surface area contributed by atoms with Gasteiger partial charge in [-0.05, 0) is 30.5 Å². The van der Waals surface area contributed by atoms with Crippen LogP contribution in [0.15, 0.2) is 47.4 Å². The van der Waals surface area contributed by atoms with Gasteiger partial charge in [0, 0.05) is 30.1 Å². The molecule has 1 aromatic heterocycles. The van der Waals surface area contributed by atoms with Gasteiger partial charge in [0.1, 0.15) is 0 Å². The van der Waals surface area contributed by atoms with Crippen molar-refractivity contribution >= 4 is 11.6 Å². The molecule has 1 aromatic carbocycles. The molecule has 0 spiro atoms.